The summed E-state index contributed by atoms with van der Waals surface area (Å²) in [5.41, 5.74) is 2.18. The maximum absolute atomic E-state index is 12.4. The molecule has 3 rings (SSSR count). The maximum Gasteiger partial charge on any atom is 0.356 e. The van der Waals surface area contributed by atoms with Gasteiger partial charge in [0.2, 0.25) is 10.0 Å². The fourth-order valence-corrected chi connectivity index (χ4v) is 4.67. The molecule has 1 aliphatic carbocycles. The van der Waals surface area contributed by atoms with Gasteiger partial charge in [-0.3, -0.25) is 9.40 Å². The summed E-state index contributed by atoms with van der Waals surface area (Å²) in [6.07, 6.45) is 6.26. The number of nitrogens with one attached hydrogen (secondary N) is 1. The molecule has 1 N–H and O–H groups in total. The predicted molar refractivity (Wildman–Crippen MR) is 103 cm³/mol. The van der Waals surface area contributed by atoms with Crippen molar-refractivity contribution < 1.29 is 17.9 Å². The minimum Gasteiger partial charge on any atom is -0.464 e. The molecule has 0 radical (unpaired) electrons. The molecule has 0 atom stereocenters. The number of nitrogens with zero attached hydrogens (tertiary/aromatic N) is 2. The summed E-state index contributed by atoms with van der Waals surface area (Å²) in [5, 5.41) is 4.01. The first-order valence-electron chi connectivity index (χ1n) is 9.09. The van der Waals surface area contributed by atoms with E-state index in [1.807, 2.05) is 24.3 Å². The third-order valence-corrected chi connectivity index (χ3v) is 6.18. The highest BCUT2D eigenvalue weighted by atomic mass is 32.2. The Bertz CT molecular complexity index is 898. The highest BCUT2D eigenvalue weighted by Gasteiger charge is 2.19. The molecule has 0 unspecified atom stereocenters. The zero-order valence-corrected chi connectivity index (χ0v) is 16.5. The van der Waals surface area contributed by atoms with Gasteiger partial charge in [-0.25, -0.2) is 13.2 Å². The van der Waals surface area contributed by atoms with E-state index < -0.39 is 16.0 Å². The Hall–Kier alpha value is -2.35. The van der Waals surface area contributed by atoms with Crippen molar-refractivity contribution in [1.82, 2.24) is 9.78 Å². The Morgan fingerprint density at radius 1 is 1.22 bits per heavy atom. The van der Waals surface area contributed by atoms with Gasteiger partial charge in [-0.2, -0.15) is 5.10 Å². The quantitative estimate of drug-likeness (QED) is 0.764. The van der Waals surface area contributed by atoms with Crippen LogP contribution < -0.4 is 4.72 Å². The molecule has 0 bridgehead atoms. The molecule has 1 aliphatic rings. The normalized spacial score (nSPS) is 15.5. The van der Waals surface area contributed by atoms with E-state index in [-0.39, 0.29) is 17.3 Å². The summed E-state index contributed by atoms with van der Waals surface area (Å²) < 4.78 is 33.2. The molecule has 0 aliphatic heterocycles. The Kier molecular flexibility index (Phi) is 5.84. The Morgan fingerprint density at radius 3 is 2.52 bits per heavy atom. The van der Waals surface area contributed by atoms with Gasteiger partial charge in [0.1, 0.15) is 5.69 Å². The van der Waals surface area contributed by atoms with Crippen molar-refractivity contribution in [2.45, 2.75) is 43.8 Å². The number of sulfonamides is 1. The molecular weight excluding hydrogens is 366 g/mol. The van der Waals surface area contributed by atoms with Crippen molar-refractivity contribution in [1.29, 1.82) is 0 Å². The number of esters is 1. The molecule has 8 heteroatoms. The SMILES string of the molecule is COC(=O)c1cc(NS(=O)(=O)Cc2ccc(C3CCCCC3)cc2)nn1C. The molecular formula is C19H25N3O4S. The van der Waals surface area contributed by atoms with Gasteiger partial charge in [-0.05, 0) is 29.9 Å². The number of rotatable bonds is 6. The second-order valence-corrected chi connectivity index (χ2v) is 8.69. The summed E-state index contributed by atoms with van der Waals surface area (Å²) in [4.78, 5) is 11.6. The van der Waals surface area contributed by atoms with E-state index in [1.165, 1.54) is 55.5 Å². The lowest BCUT2D eigenvalue weighted by Gasteiger charge is -2.22. The van der Waals surface area contributed by atoms with E-state index in [0.717, 1.165) is 0 Å². The summed E-state index contributed by atoms with van der Waals surface area (Å²) in [7, 11) is -0.829. The van der Waals surface area contributed by atoms with Crippen molar-refractivity contribution in [3.05, 3.63) is 47.2 Å². The first kappa shape index (κ1) is 19.4. The summed E-state index contributed by atoms with van der Waals surface area (Å²) >= 11 is 0. The van der Waals surface area contributed by atoms with Crippen LogP contribution in [0, 0.1) is 0 Å². The minimum absolute atomic E-state index is 0.0942. The van der Waals surface area contributed by atoms with Crippen molar-refractivity contribution in [2.24, 2.45) is 7.05 Å². The van der Waals surface area contributed by atoms with Crippen LogP contribution in [0.25, 0.3) is 0 Å². The molecule has 0 saturated heterocycles. The van der Waals surface area contributed by atoms with Crippen LogP contribution in [0.2, 0.25) is 0 Å². The lowest BCUT2D eigenvalue weighted by Crippen LogP contribution is -2.15. The Morgan fingerprint density at radius 2 is 1.89 bits per heavy atom. The van der Waals surface area contributed by atoms with Gasteiger partial charge in [0.15, 0.2) is 5.82 Å². The lowest BCUT2D eigenvalue weighted by molar-refractivity contribution is 0.0588. The van der Waals surface area contributed by atoms with Crippen LogP contribution in [-0.4, -0.2) is 31.3 Å². The van der Waals surface area contributed by atoms with E-state index in [4.69, 9.17) is 0 Å². The standard InChI is InChI=1S/C19H25N3O4S/c1-22-17(19(23)26-2)12-18(20-22)21-27(24,25)13-14-8-10-16(11-9-14)15-6-4-3-5-7-15/h8-12,15H,3-7,13H2,1-2H3,(H,20,21). The van der Waals surface area contributed by atoms with E-state index in [0.29, 0.717) is 11.5 Å². The third kappa shape index (κ3) is 4.88. The van der Waals surface area contributed by atoms with Crippen LogP contribution in [0.4, 0.5) is 5.82 Å². The molecule has 0 amide bonds. The molecule has 2 aromatic rings. The molecule has 1 heterocycles. The topological polar surface area (TPSA) is 90.3 Å². The molecule has 7 nitrogen and oxygen atoms in total. The number of benzene rings is 1. The molecule has 0 spiro atoms. The highest BCUT2D eigenvalue weighted by molar-refractivity contribution is 7.91. The van der Waals surface area contributed by atoms with Crippen LogP contribution in [0.15, 0.2) is 30.3 Å². The third-order valence-electron chi connectivity index (χ3n) is 4.95. The van der Waals surface area contributed by atoms with Gasteiger partial charge in [0.25, 0.3) is 0 Å². The second kappa shape index (κ2) is 8.12. The van der Waals surface area contributed by atoms with Crippen molar-refractivity contribution in [3.8, 4) is 0 Å². The van der Waals surface area contributed by atoms with E-state index in [2.05, 4.69) is 14.6 Å². The van der Waals surface area contributed by atoms with Crippen LogP contribution in [0.5, 0.6) is 0 Å². The van der Waals surface area contributed by atoms with Gasteiger partial charge in [0, 0.05) is 13.1 Å². The van der Waals surface area contributed by atoms with Crippen LogP contribution in [0.3, 0.4) is 0 Å². The fourth-order valence-electron chi connectivity index (χ4n) is 3.55. The molecule has 1 fully saturated rings. The second-order valence-electron chi connectivity index (χ2n) is 6.97. The van der Waals surface area contributed by atoms with Gasteiger partial charge in [-0.15, -0.1) is 0 Å². The minimum atomic E-state index is -3.64. The highest BCUT2D eigenvalue weighted by Crippen LogP contribution is 2.32. The first-order chi connectivity index (χ1) is 12.9. The van der Waals surface area contributed by atoms with Crippen LogP contribution >= 0.6 is 0 Å². The first-order valence-corrected chi connectivity index (χ1v) is 10.7. The molecule has 1 aromatic carbocycles. The van der Waals surface area contributed by atoms with E-state index in [1.54, 1.807) is 7.05 Å². The Labute approximate surface area is 159 Å². The average molecular weight is 391 g/mol. The number of carbonyl (C=O) groups excluding carboxylic acids is 1. The van der Waals surface area contributed by atoms with Crippen molar-refractivity contribution in [3.63, 3.8) is 0 Å². The van der Waals surface area contributed by atoms with Gasteiger partial charge < -0.3 is 4.74 Å². The summed E-state index contributed by atoms with van der Waals surface area (Å²) in [6.45, 7) is 0. The number of methoxy groups -OCH3 is 1. The fraction of sp³-hybridized carbons (Fsp3) is 0.474. The number of ether oxygens (including phenoxy) is 1. The van der Waals surface area contributed by atoms with Crippen molar-refractivity contribution >= 4 is 21.8 Å². The number of hydrogen-bond donors (Lipinski definition) is 1. The molecule has 27 heavy (non-hydrogen) atoms. The average Bonchev–Trinajstić information content (AvgIpc) is 3.01. The summed E-state index contributed by atoms with van der Waals surface area (Å²) in [6, 6.07) is 9.19. The Balaban J connectivity index is 1.66. The zero-order chi connectivity index (χ0) is 19.4. The number of anilines is 1. The van der Waals surface area contributed by atoms with Crippen LogP contribution in [0.1, 0.15) is 59.6 Å². The number of aromatic nitrogens is 2. The molecule has 1 aromatic heterocycles. The largest absolute Gasteiger partial charge is 0.464 e. The monoisotopic (exact) mass is 391 g/mol. The molecule has 1 saturated carbocycles. The van der Waals surface area contributed by atoms with Gasteiger partial charge in [-0.1, -0.05) is 43.5 Å². The summed E-state index contributed by atoms with van der Waals surface area (Å²) in [5.74, 6) is -0.0412. The maximum atomic E-state index is 12.4. The smallest absolute Gasteiger partial charge is 0.356 e. The van der Waals surface area contributed by atoms with Gasteiger partial charge in [0.05, 0.1) is 12.9 Å². The molecule has 146 valence electrons. The number of hydrogen-bond acceptors (Lipinski definition) is 5. The number of aryl methyl sites for hydroxylation is 1. The lowest BCUT2D eigenvalue weighted by atomic mass is 9.84. The van der Waals surface area contributed by atoms with E-state index >= 15 is 0 Å². The van der Waals surface area contributed by atoms with Crippen molar-refractivity contribution in [2.75, 3.05) is 11.8 Å². The van der Waals surface area contributed by atoms with Crippen LogP contribution in [-0.2, 0) is 27.6 Å². The predicted octanol–water partition coefficient (Wildman–Crippen LogP) is 3.20. The van der Waals surface area contributed by atoms with E-state index in [9.17, 15) is 13.2 Å². The zero-order valence-electron chi connectivity index (χ0n) is 15.6. The van der Waals surface area contributed by atoms with Gasteiger partial charge >= 0.3 is 5.97 Å². The number of carbonyl (C=O) groups is 1.